The van der Waals surface area contributed by atoms with Gasteiger partial charge in [-0.1, -0.05) is 0 Å². The van der Waals surface area contributed by atoms with Gasteiger partial charge in [0.25, 0.3) is 9.05 Å². The summed E-state index contributed by atoms with van der Waals surface area (Å²) in [5, 5.41) is 0. The first-order chi connectivity index (χ1) is 9.38. The van der Waals surface area contributed by atoms with Gasteiger partial charge in [0.2, 0.25) is 0 Å². The fourth-order valence-corrected chi connectivity index (χ4v) is 2.77. The van der Waals surface area contributed by atoms with Crippen molar-refractivity contribution in [3.05, 3.63) is 29.6 Å². The second-order valence-corrected chi connectivity index (χ2v) is 6.85. The van der Waals surface area contributed by atoms with Crippen LogP contribution in [0.5, 0.6) is 0 Å². The zero-order valence-corrected chi connectivity index (χ0v) is 11.9. The Labute approximate surface area is 120 Å². The molecule has 20 heavy (non-hydrogen) atoms. The van der Waals surface area contributed by atoms with Crippen LogP contribution >= 0.6 is 10.7 Å². The van der Waals surface area contributed by atoms with Crippen molar-refractivity contribution in [3.8, 4) is 0 Å². The van der Waals surface area contributed by atoms with Crippen LogP contribution in [0.3, 0.4) is 0 Å². The van der Waals surface area contributed by atoms with Crippen molar-refractivity contribution < 1.29 is 27.1 Å². The maximum Gasteiger partial charge on any atom is 0.338 e. The molecule has 8 heteroatoms. The average molecular weight is 323 g/mol. The van der Waals surface area contributed by atoms with E-state index >= 15 is 0 Å². The maximum absolute atomic E-state index is 13.3. The van der Waals surface area contributed by atoms with Crippen LogP contribution in [-0.4, -0.2) is 33.7 Å². The highest BCUT2D eigenvalue weighted by molar-refractivity contribution is 8.13. The van der Waals surface area contributed by atoms with Gasteiger partial charge < -0.3 is 9.47 Å². The Morgan fingerprint density at radius 1 is 1.50 bits per heavy atom. The molecule has 1 aromatic carbocycles. The predicted molar refractivity (Wildman–Crippen MR) is 68.7 cm³/mol. The SMILES string of the molecule is O=C(OCC1CCCO1)c1ccc(F)c(S(=O)(=O)Cl)c1. The molecule has 1 aliphatic rings. The molecular weight excluding hydrogens is 311 g/mol. The Hall–Kier alpha value is -1.18. The quantitative estimate of drug-likeness (QED) is 0.627. The Bertz CT molecular complexity index is 610. The number of carbonyl (C=O) groups is 1. The molecule has 5 nitrogen and oxygen atoms in total. The van der Waals surface area contributed by atoms with Gasteiger partial charge in [-0.15, -0.1) is 0 Å². The number of carbonyl (C=O) groups excluding carboxylic acids is 1. The van der Waals surface area contributed by atoms with E-state index in [0.717, 1.165) is 31.0 Å². The first-order valence-electron chi connectivity index (χ1n) is 5.91. The summed E-state index contributed by atoms with van der Waals surface area (Å²) in [5.41, 5.74) is -0.0800. The molecule has 0 spiro atoms. The summed E-state index contributed by atoms with van der Waals surface area (Å²) in [6.07, 6.45) is 1.57. The molecule has 1 aliphatic heterocycles. The van der Waals surface area contributed by atoms with Gasteiger partial charge >= 0.3 is 5.97 Å². The second kappa shape index (κ2) is 6.07. The molecular formula is C12H12ClFO5S. The first-order valence-corrected chi connectivity index (χ1v) is 8.22. The van der Waals surface area contributed by atoms with Crippen LogP contribution in [-0.2, 0) is 18.5 Å². The summed E-state index contributed by atoms with van der Waals surface area (Å²) in [6, 6.07) is 2.85. The number of hydrogen-bond acceptors (Lipinski definition) is 5. The van der Waals surface area contributed by atoms with Crippen molar-refractivity contribution in [1.82, 2.24) is 0 Å². The van der Waals surface area contributed by atoms with Gasteiger partial charge in [-0.25, -0.2) is 17.6 Å². The maximum atomic E-state index is 13.3. The van der Waals surface area contributed by atoms with E-state index in [4.69, 9.17) is 20.2 Å². The molecule has 110 valence electrons. The molecule has 1 fully saturated rings. The summed E-state index contributed by atoms with van der Waals surface area (Å²) >= 11 is 0. The Balaban J connectivity index is 2.10. The van der Waals surface area contributed by atoms with E-state index in [1.807, 2.05) is 0 Å². The van der Waals surface area contributed by atoms with Crippen LogP contribution in [0.2, 0.25) is 0 Å². The van der Waals surface area contributed by atoms with E-state index < -0.39 is 25.7 Å². The van der Waals surface area contributed by atoms with Crippen molar-refractivity contribution in [1.29, 1.82) is 0 Å². The van der Waals surface area contributed by atoms with Crippen LogP contribution in [0.15, 0.2) is 23.1 Å². The van der Waals surface area contributed by atoms with Crippen LogP contribution in [0.1, 0.15) is 23.2 Å². The van der Waals surface area contributed by atoms with Gasteiger partial charge in [-0.3, -0.25) is 0 Å². The molecule has 1 saturated heterocycles. The van der Waals surface area contributed by atoms with E-state index in [1.54, 1.807) is 0 Å². The van der Waals surface area contributed by atoms with Crippen molar-refractivity contribution in [3.63, 3.8) is 0 Å². The van der Waals surface area contributed by atoms with Crippen molar-refractivity contribution in [2.45, 2.75) is 23.8 Å². The van der Waals surface area contributed by atoms with Gasteiger partial charge in [0.05, 0.1) is 11.7 Å². The minimum absolute atomic E-state index is 0.0800. The predicted octanol–water partition coefficient (Wildman–Crippen LogP) is 2.09. The lowest BCUT2D eigenvalue weighted by molar-refractivity contribution is 0.0161. The van der Waals surface area contributed by atoms with Crippen LogP contribution in [0.4, 0.5) is 4.39 Å². The highest BCUT2D eigenvalue weighted by Gasteiger charge is 2.21. The molecule has 2 rings (SSSR count). The van der Waals surface area contributed by atoms with Crippen LogP contribution in [0.25, 0.3) is 0 Å². The molecule has 1 atom stereocenters. The van der Waals surface area contributed by atoms with E-state index in [-0.39, 0.29) is 18.3 Å². The topological polar surface area (TPSA) is 69.7 Å². The fourth-order valence-electron chi connectivity index (χ4n) is 1.84. The molecule has 0 aromatic heterocycles. The Morgan fingerprint density at radius 3 is 2.85 bits per heavy atom. The third-order valence-electron chi connectivity index (χ3n) is 2.85. The van der Waals surface area contributed by atoms with E-state index in [9.17, 15) is 17.6 Å². The van der Waals surface area contributed by atoms with Gasteiger partial charge in [-0.05, 0) is 31.0 Å². The summed E-state index contributed by atoms with van der Waals surface area (Å²) in [4.78, 5) is 11.0. The second-order valence-electron chi connectivity index (χ2n) is 4.32. The molecule has 0 radical (unpaired) electrons. The number of benzene rings is 1. The smallest absolute Gasteiger partial charge is 0.338 e. The monoisotopic (exact) mass is 322 g/mol. The molecule has 1 heterocycles. The summed E-state index contributed by atoms with van der Waals surface area (Å²) in [6.45, 7) is 0.715. The lowest BCUT2D eigenvalue weighted by Crippen LogP contribution is -2.18. The van der Waals surface area contributed by atoms with E-state index in [2.05, 4.69) is 0 Å². The molecule has 0 amide bonds. The Kier molecular flexibility index (Phi) is 4.62. The minimum atomic E-state index is -4.26. The third-order valence-corrected chi connectivity index (χ3v) is 4.19. The standard InChI is InChI=1S/C12H12ClFO5S/c13-20(16,17)11-6-8(3-4-10(11)14)12(15)19-7-9-2-1-5-18-9/h3-4,6,9H,1-2,5,7H2. The zero-order chi connectivity index (χ0) is 14.8. The molecule has 0 bridgehead atoms. The third kappa shape index (κ3) is 3.68. The Morgan fingerprint density at radius 2 is 2.25 bits per heavy atom. The molecule has 0 aliphatic carbocycles. The minimum Gasteiger partial charge on any atom is -0.459 e. The zero-order valence-electron chi connectivity index (χ0n) is 10.3. The van der Waals surface area contributed by atoms with Gasteiger partial charge in [0.15, 0.2) is 0 Å². The highest BCUT2D eigenvalue weighted by atomic mass is 35.7. The van der Waals surface area contributed by atoms with Crippen LogP contribution in [0, 0.1) is 5.82 Å². The average Bonchev–Trinajstić information content (AvgIpc) is 2.88. The lowest BCUT2D eigenvalue weighted by Gasteiger charge is -2.10. The normalized spacial score (nSPS) is 19.0. The number of esters is 1. The van der Waals surface area contributed by atoms with Crippen LogP contribution < -0.4 is 0 Å². The first kappa shape index (κ1) is 15.2. The number of rotatable bonds is 4. The molecule has 0 saturated carbocycles. The molecule has 0 N–H and O–H groups in total. The van der Waals surface area contributed by atoms with Crippen molar-refractivity contribution >= 4 is 25.7 Å². The largest absolute Gasteiger partial charge is 0.459 e. The summed E-state index contributed by atoms with van der Waals surface area (Å²) in [5.74, 6) is -1.77. The number of hydrogen-bond donors (Lipinski definition) is 0. The van der Waals surface area contributed by atoms with Crippen molar-refractivity contribution in [2.75, 3.05) is 13.2 Å². The highest BCUT2D eigenvalue weighted by Crippen LogP contribution is 2.21. The number of halogens is 2. The van der Waals surface area contributed by atoms with Gasteiger partial charge in [-0.2, -0.15) is 0 Å². The van der Waals surface area contributed by atoms with Gasteiger partial charge in [0.1, 0.15) is 17.3 Å². The number of ether oxygens (including phenoxy) is 2. The fraction of sp³-hybridized carbons (Fsp3) is 0.417. The summed E-state index contributed by atoms with van der Waals surface area (Å²) in [7, 11) is 0.826. The molecule has 1 unspecified atom stereocenters. The lowest BCUT2D eigenvalue weighted by atomic mass is 10.2. The van der Waals surface area contributed by atoms with E-state index in [0.29, 0.717) is 6.61 Å². The molecule has 1 aromatic rings. The van der Waals surface area contributed by atoms with Gasteiger partial charge in [0, 0.05) is 17.3 Å². The summed E-state index contributed by atoms with van der Waals surface area (Å²) < 4.78 is 45.9. The van der Waals surface area contributed by atoms with E-state index in [1.165, 1.54) is 0 Å². The van der Waals surface area contributed by atoms with Crippen molar-refractivity contribution in [2.24, 2.45) is 0 Å².